The van der Waals surface area contributed by atoms with Crippen LogP contribution in [-0.2, 0) is 0 Å². The van der Waals surface area contributed by atoms with Gasteiger partial charge in [-0.2, -0.15) is 0 Å². The lowest BCUT2D eigenvalue weighted by Crippen LogP contribution is -1.98. The van der Waals surface area contributed by atoms with Gasteiger partial charge in [-0.15, -0.1) is 0 Å². The van der Waals surface area contributed by atoms with Crippen molar-refractivity contribution in [1.29, 1.82) is 0 Å². The standard InChI is InChI=1S/C13H15N/c1-10-5-7-11(8-6-10)12-3-2-4-13(14)9-12/h2-7,9,11H,8,14H2,1H3. The fourth-order valence-corrected chi connectivity index (χ4v) is 1.76. The predicted octanol–water partition coefficient (Wildman–Crippen LogP) is 3.26. The van der Waals surface area contributed by atoms with E-state index in [0.29, 0.717) is 5.92 Å². The van der Waals surface area contributed by atoms with Crippen molar-refractivity contribution in [1.82, 2.24) is 0 Å². The zero-order valence-electron chi connectivity index (χ0n) is 8.40. The van der Waals surface area contributed by atoms with Crippen LogP contribution in [0.4, 0.5) is 5.69 Å². The average Bonchev–Trinajstić information content (AvgIpc) is 2.19. The van der Waals surface area contributed by atoms with Gasteiger partial charge >= 0.3 is 0 Å². The van der Waals surface area contributed by atoms with Crippen molar-refractivity contribution >= 4 is 5.69 Å². The highest BCUT2D eigenvalue weighted by Crippen LogP contribution is 2.27. The van der Waals surface area contributed by atoms with Crippen LogP contribution >= 0.6 is 0 Å². The van der Waals surface area contributed by atoms with E-state index in [9.17, 15) is 0 Å². The summed E-state index contributed by atoms with van der Waals surface area (Å²) in [5, 5.41) is 0. The van der Waals surface area contributed by atoms with Crippen molar-refractivity contribution in [2.45, 2.75) is 19.3 Å². The van der Waals surface area contributed by atoms with Gasteiger partial charge in [-0.3, -0.25) is 0 Å². The Balaban J connectivity index is 2.22. The fourth-order valence-electron chi connectivity index (χ4n) is 1.76. The first-order valence-corrected chi connectivity index (χ1v) is 4.96. The van der Waals surface area contributed by atoms with Crippen LogP contribution < -0.4 is 5.73 Å². The largest absolute Gasteiger partial charge is 0.399 e. The molecule has 1 nitrogen and oxygen atoms in total. The molecular formula is C13H15N. The molecule has 2 rings (SSSR count). The van der Waals surface area contributed by atoms with Crippen molar-refractivity contribution in [2.24, 2.45) is 0 Å². The summed E-state index contributed by atoms with van der Waals surface area (Å²) < 4.78 is 0. The molecule has 0 heterocycles. The number of allylic oxidation sites excluding steroid dienone is 4. The summed E-state index contributed by atoms with van der Waals surface area (Å²) in [6.07, 6.45) is 7.79. The second-order valence-electron chi connectivity index (χ2n) is 3.82. The molecule has 0 amide bonds. The number of hydrogen-bond acceptors (Lipinski definition) is 1. The maximum absolute atomic E-state index is 5.75. The van der Waals surface area contributed by atoms with E-state index in [-0.39, 0.29) is 0 Å². The quantitative estimate of drug-likeness (QED) is 0.668. The van der Waals surface area contributed by atoms with E-state index >= 15 is 0 Å². The molecule has 0 saturated carbocycles. The zero-order valence-corrected chi connectivity index (χ0v) is 8.40. The zero-order chi connectivity index (χ0) is 9.97. The Kier molecular flexibility index (Phi) is 2.40. The lowest BCUT2D eigenvalue weighted by Gasteiger charge is -2.15. The Hall–Kier alpha value is -1.50. The van der Waals surface area contributed by atoms with Crippen molar-refractivity contribution < 1.29 is 0 Å². The van der Waals surface area contributed by atoms with E-state index in [1.165, 1.54) is 11.1 Å². The summed E-state index contributed by atoms with van der Waals surface area (Å²) in [5.74, 6) is 0.502. The maximum Gasteiger partial charge on any atom is 0.0316 e. The third kappa shape index (κ3) is 1.87. The van der Waals surface area contributed by atoms with Crippen molar-refractivity contribution in [3.05, 3.63) is 53.6 Å². The molecule has 1 unspecified atom stereocenters. The SMILES string of the molecule is CC1=CCC(c2cccc(N)c2)C=C1. The number of anilines is 1. The lowest BCUT2D eigenvalue weighted by atomic mass is 9.90. The molecule has 2 N–H and O–H groups in total. The molecule has 1 aliphatic rings. The van der Waals surface area contributed by atoms with Gasteiger partial charge in [0, 0.05) is 11.6 Å². The van der Waals surface area contributed by atoms with Crippen LogP contribution in [-0.4, -0.2) is 0 Å². The van der Waals surface area contributed by atoms with Gasteiger partial charge in [0.05, 0.1) is 0 Å². The van der Waals surface area contributed by atoms with Crippen LogP contribution in [0.15, 0.2) is 48.1 Å². The molecule has 0 aromatic heterocycles. The molecule has 1 aliphatic carbocycles. The topological polar surface area (TPSA) is 26.0 Å². The van der Waals surface area contributed by atoms with Crippen LogP contribution in [0.3, 0.4) is 0 Å². The normalized spacial score (nSPS) is 20.6. The molecule has 0 saturated heterocycles. The number of hydrogen-bond donors (Lipinski definition) is 1. The first kappa shape index (κ1) is 9.07. The molecule has 1 atom stereocenters. The Morgan fingerprint density at radius 1 is 1.36 bits per heavy atom. The van der Waals surface area contributed by atoms with Gasteiger partial charge in [0.15, 0.2) is 0 Å². The fraction of sp³-hybridized carbons (Fsp3) is 0.231. The van der Waals surface area contributed by atoms with E-state index in [1.54, 1.807) is 0 Å². The Morgan fingerprint density at radius 2 is 2.21 bits per heavy atom. The Bertz CT molecular complexity index is 388. The summed E-state index contributed by atoms with van der Waals surface area (Å²) in [6, 6.07) is 8.14. The predicted molar refractivity (Wildman–Crippen MR) is 61.1 cm³/mol. The van der Waals surface area contributed by atoms with Crippen LogP contribution in [0.25, 0.3) is 0 Å². The minimum atomic E-state index is 0.502. The van der Waals surface area contributed by atoms with E-state index in [2.05, 4.69) is 37.3 Å². The molecule has 0 spiro atoms. The minimum Gasteiger partial charge on any atom is -0.399 e. The van der Waals surface area contributed by atoms with Crippen LogP contribution in [0.1, 0.15) is 24.8 Å². The van der Waals surface area contributed by atoms with Gasteiger partial charge in [-0.1, -0.05) is 35.9 Å². The third-order valence-electron chi connectivity index (χ3n) is 2.62. The summed E-state index contributed by atoms with van der Waals surface area (Å²) in [4.78, 5) is 0. The molecule has 0 fully saturated rings. The van der Waals surface area contributed by atoms with Crippen molar-refractivity contribution in [2.75, 3.05) is 5.73 Å². The van der Waals surface area contributed by atoms with Crippen LogP contribution in [0.5, 0.6) is 0 Å². The van der Waals surface area contributed by atoms with Gasteiger partial charge in [0.1, 0.15) is 0 Å². The number of rotatable bonds is 1. The summed E-state index contributed by atoms with van der Waals surface area (Å²) in [5.41, 5.74) is 9.26. The van der Waals surface area contributed by atoms with Gasteiger partial charge in [-0.05, 0) is 31.0 Å². The summed E-state index contributed by atoms with van der Waals surface area (Å²) in [6.45, 7) is 2.13. The molecule has 14 heavy (non-hydrogen) atoms. The van der Waals surface area contributed by atoms with Gasteiger partial charge in [0.25, 0.3) is 0 Å². The monoisotopic (exact) mass is 185 g/mol. The van der Waals surface area contributed by atoms with Gasteiger partial charge in [0.2, 0.25) is 0 Å². The molecule has 72 valence electrons. The van der Waals surface area contributed by atoms with Crippen LogP contribution in [0.2, 0.25) is 0 Å². The number of nitrogen functional groups attached to an aromatic ring is 1. The smallest absolute Gasteiger partial charge is 0.0316 e. The first-order chi connectivity index (χ1) is 6.75. The molecule has 0 aliphatic heterocycles. The summed E-state index contributed by atoms with van der Waals surface area (Å²) >= 11 is 0. The van der Waals surface area contributed by atoms with Crippen LogP contribution in [0, 0.1) is 0 Å². The second kappa shape index (κ2) is 3.70. The van der Waals surface area contributed by atoms with E-state index < -0.39 is 0 Å². The average molecular weight is 185 g/mol. The molecule has 0 radical (unpaired) electrons. The molecule has 1 aromatic carbocycles. The second-order valence-corrected chi connectivity index (χ2v) is 3.82. The lowest BCUT2D eigenvalue weighted by molar-refractivity contribution is 0.845. The van der Waals surface area contributed by atoms with E-state index in [1.807, 2.05) is 12.1 Å². The maximum atomic E-state index is 5.75. The number of nitrogens with two attached hydrogens (primary N) is 1. The molecule has 1 aromatic rings. The third-order valence-corrected chi connectivity index (χ3v) is 2.62. The minimum absolute atomic E-state index is 0.502. The molecule has 1 heteroatoms. The van der Waals surface area contributed by atoms with Gasteiger partial charge in [-0.25, -0.2) is 0 Å². The molecule has 0 bridgehead atoms. The van der Waals surface area contributed by atoms with Crippen molar-refractivity contribution in [3.63, 3.8) is 0 Å². The summed E-state index contributed by atoms with van der Waals surface area (Å²) in [7, 11) is 0. The highest BCUT2D eigenvalue weighted by Gasteiger charge is 2.09. The van der Waals surface area contributed by atoms with E-state index in [0.717, 1.165) is 12.1 Å². The first-order valence-electron chi connectivity index (χ1n) is 4.96. The Morgan fingerprint density at radius 3 is 2.86 bits per heavy atom. The highest BCUT2D eigenvalue weighted by atomic mass is 14.5. The van der Waals surface area contributed by atoms with Gasteiger partial charge < -0.3 is 5.73 Å². The van der Waals surface area contributed by atoms with Crippen molar-refractivity contribution in [3.8, 4) is 0 Å². The van der Waals surface area contributed by atoms with E-state index in [4.69, 9.17) is 5.73 Å². The number of benzene rings is 1. The molecular weight excluding hydrogens is 170 g/mol. The highest BCUT2D eigenvalue weighted by molar-refractivity contribution is 5.44. The Labute approximate surface area is 84.9 Å².